The van der Waals surface area contributed by atoms with Crippen LogP contribution in [-0.4, -0.2) is 30.0 Å². The zero-order valence-corrected chi connectivity index (χ0v) is 13.4. The number of nitrogens with one attached hydrogen (secondary N) is 1. The molecule has 1 aliphatic heterocycles. The molecule has 2 heterocycles. The number of hydrogen-bond donors (Lipinski definition) is 2. The first-order valence-electron chi connectivity index (χ1n) is 7.40. The molecule has 0 unspecified atom stereocenters. The number of nitrogens with two attached hydrogens (primary N) is 1. The standard InChI is InChI=1S/C15H24N4O.ClH/c1-12(16)15(20)18-11-13-6-7-17-14(10-13)19-8-4-2-3-5-9-19;/h6-7,10,12H,2-5,8-9,11,16H2,1H3,(H,18,20);1H/t12-;/m1./s1. The van der Waals surface area contributed by atoms with E-state index in [1.54, 1.807) is 6.92 Å². The predicted octanol–water partition coefficient (Wildman–Crippen LogP) is 1.85. The Morgan fingerprint density at radius 1 is 1.38 bits per heavy atom. The third kappa shape index (κ3) is 5.52. The number of aromatic nitrogens is 1. The third-order valence-electron chi connectivity index (χ3n) is 3.62. The number of carbonyl (C=O) groups excluding carboxylic acids is 1. The van der Waals surface area contributed by atoms with Crippen molar-refractivity contribution in [2.45, 2.75) is 45.2 Å². The van der Waals surface area contributed by atoms with E-state index in [0.717, 1.165) is 24.5 Å². The van der Waals surface area contributed by atoms with Crippen molar-refractivity contribution in [3.05, 3.63) is 23.9 Å². The highest BCUT2D eigenvalue weighted by Crippen LogP contribution is 2.18. The fraction of sp³-hybridized carbons (Fsp3) is 0.600. The molecule has 3 N–H and O–H groups in total. The van der Waals surface area contributed by atoms with Crippen LogP contribution in [0.4, 0.5) is 5.82 Å². The molecule has 1 amide bonds. The van der Waals surface area contributed by atoms with E-state index in [-0.39, 0.29) is 18.3 Å². The van der Waals surface area contributed by atoms with Gasteiger partial charge < -0.3 is 16.0 Å². The summed E-state index contributed by atoms with van der Waals surface area (Å²) in [7, 11) is 0. The molecule has 0 radical (unpaired) electrons. The van der Waals surface area contributed by atoms with Crippen molar-refractivity contribution < 1.29 is 4.79 Å². The fourth-order valence-corrected chi connectivity index (χ4v) is 2.39. The van der Waals surface area contributed by atoms with Gasteiger partial charge >= 0.3 is 0 Å². The highest BCUT2D eigenvalue weighted by atomic mass is 35.5. The van der Waals surface area contributed by atoms with E-state index in [1.165, 1.54) is 25.7 Å². The molecule has 1 aromatic heterocycles. The van der Waals surface area contributed by atoms with E-state index in [4.69, 9.17) is 5.73 Å². The Morgan fingerprint density at radius 3 is 2.67 bits per heavy atom. The summed E-state index contributed by atoms with van der Waals surface area (Å²) in [5, 5.41) is 2.83. The maximum Gasteiger partial charge on any atom is 0.236 e. The molecule has 0 saturated carbocycles. The maximum absolute atomic E-state index is 11.5. The van der Waals surface area contributed by atoms with Gasteiger partial charge in [0, 0.05) is 25.8 Å². The second-order valence-corrected chi connectivity index (χ2v) is 5.43. The van der Waals surface area contributed by atoms with Crippen molar-refractivity contribution in [3.63, 3.8) is 0 Å². The molecular formula is C15H25ClN4O. The van der Waals surface area contributed by atoms with E-state index in [0.29, 0.717) is 6.54 Å². The van der Waals surface area contributed by atoms with Crippen molar-refractivity contribution in [1.82, 2.24) is 10.3 Å². The van der Waals surface area contributed by atoms with Crippen LogP contribution in [0.3, 0.4) is 0 Å². The van der Waals surface area contributed by atoms with Crippen molar-refractivity contribution in [1.29, 1.82) is 0 Å². The zero-order valence-electron chi connectivity index (χ0n) is 12.5. The number of amides is 1. The summed E-state index contributed by atoms with van der Waals surface area (Å²) < 4.78 is 0. The molecule has 2 rings (SSSR count). The van der Waals surface area contributed by atoms with Crippen LogP contribution in [0, 0.1) is 0 Å². The van der Waals surface area contributed by atoms with E-state index in [1.807, 2.05) is 12.3 Å². The summed E-state index contributed by atoms with van der Waals surface area (Å²) in [5.74, 6) is 0.887. The minimum absolute atomic E-state index is 0. The number of carbonyl (C=O) groups is 1. The number of pyridine rings is 1. The molecule has 1 aromatic rings. The first-order chi connectivity index (χ1) is 9.66. The number of rotatable bonds is 4. The summed E-state index contributed by atoms with van der Waals surface area (Å²) in [4.78, 5) is 18.3. The van der Waals surface area contributed by atoms with Crippen LogP contribution in [0.5, 0.6) is 0 Å². The maximum atomic E-state index is 11.5. The molecular weight excluding hydrogens is 288 g/mol. The van der Waals surface area contributed by atoms with Crippen molar-refractivity contribution >= 4 is 24.1 Å². The van der Waals surface area contributed by atoms with Crippen molar-refractivity contribution in [2.75, 3.05) is 18.0 Å². The average molecular weight is 313 g/mol. The van der Waals surface area contributed by atoms with Gasteiger partial charge in [-0.05, 0) is 37.5 Å². The van der Waals surface area contributed by atoms with Crippen LogP contribution < -0.4 is 16.0 Å². The molecule has 1 fully saturated rings. The first-order valence-corrected chi connectivity index (χ1v) is 7.40. The van der Waals surface area contributed by atoms with Crippen LogP contribution >= 0.6 is 12.4 Å². The van der Waals surface area contributed by atoms with Gasteiger partial charge in [0.2, 0.25) is 5.91 Å². The first kappa shape index (κ1) is 17.7. The molecule has 5 nitrogen and oxygen atoms in total. The predicted molar refractivity (Wildman–Crippen MR) is 87.7 cm³/mol. The third-order valence-corrected chi connectivity index (χ3v) is 3.62. The molecule has 1 aliphatic rings. The Labute approximate surface area is 132 Å². The molecule has 1 atom stereocenters. The second kappa shape index (κ2) is 8.85. The van der Waals surface area contributed by atoms with Gasteiger partial charge in [-0.2, -0.15) is 0 Å². The van der Waals surface area contributed by atoms with Crippen LogP contribution in [0.2, 0.25) is 0 Å². The van der Waals surface area contributed by atoms with Gasteiger partial charge in [-0.1, -0.05) is 12.8 Å². The van der Waals surface area contributed by atoms with Gasteiger partial charge in [-0.25, -0.2) is 4.98 Å². The lowest BCUT2D eigenvalue weighted by atomic mass is 10.2. The molecule has 1 saturated heterocycles. The Balaban J connectivity index is 0.00000220. The molecule has 21 heavy (non-hydrogen) atoms. The highest BCUT2D eigenvalue weighted by Gasteiger charge is 2.12. The average Bonchev–Trinajstić information content (AvgIpc) is 2.74. The molecule has 0 bridgehead atoms. The van der Waals surface area contributed by atoms with Gasteiger partial charge in [0.25, 0.3) is 0 Å². The number of hydrogen-bond acceptors (Lipinski definition) is 4. The SMILES string of the molecule is C[C@@H](N)C(=O)NCc1ccnc(N2CCCCCC2)c1.Cl. The van der Waals surface area contributed by atoms with Crippen LogP contribution in [-0.2, 0) is 11.3 Å². The van der Waals surface area contributed by atoms with Gasteiger partial charge in [-0.3, -0.25) is 4.79 Å². The molecule has 6 heteroatoms. The Hall–Kier alpha value is -1.33. The normalized spacial score (nSPS) is 16.6. The lowest BCUT2D eigenvalue weighted by Crippen LogP contribution is -2.37. The quantitative estimate of drug-likeness (QED) is 0.890. The van der Waals surface area contributed by atoms with Gasteiger partial charge in [0.15, 0.2) is 0 Å². The summed E-state index contributed by atoms with van der Waals surface area (Å²) in [6.45, 7) is 4.33. The summed E-state index contributed by atoms with van der Waals surface area (Å²) >= 11 is 0. The Morgan fingerprint density at radius 2 is 2.05 bits per heavy atom. The summed E-state index contributed by atoms with van der Waals surface area (Å²) in [6.07, 6.45) is 6.88. The largest absolute Gasteiger partial charge is 0.357 e. The molecule has 118 valence electrons. The zero-order chi connectivity index (χ0) is 14.4. The van der Waals surface area contributed by atoms with Gasteiger partial charge in [0.05, 0.1) is 6.04 Å². The molecule has 0 spiro atoms. The fourth-order valence-electron chi connectivity index (χ4n) is 2.39. The summed E-state index contributed by atoms with van der Waals surface area (Å²) in [6, 6.07) is 3.53. The smallest absolute Gasteiger partial charge is 0.236 e. The number of halogens is 1. The van der Waals surface area contributed by atoms with Crippen molar-refractivity contribution in [3.8, 4) is 0 Å². The topological polar surface area (TPSA) is 71.2 Å². The second-order valence-electron chi connectivity index (χ2n) is 5.43. The van der Waals surface area contributed by atoms with Crippen molar-refractivity contribution in [2.24, 2.45) is 5.73 Å². The highest BCUT2D eigenvalue weighted by molar-refractivity contribution is 5.85. The van der Waals surface area contributed by atoms with E-state index >= 15 is 0 Å². The number of anilines is 1. The van der Waals surface area contributed by atoms with Crippen LogP contribution in [0.25, 0.3) is 0 Å². The lowest BCUT2D eigenvalue weighted by Gasteiger charge is -2.21. The van der Waals surface area contributed by atoms with Crippen LogP contribution in [0.1, 0.15) is 38.2 Å². The minimum atomic E-state index is -0.470. The monoisotopic (exact) mass is 312 g/mol. The lowest BCUT2D eigenvalue weighted by molar-refractivity contribution is -0.122. The van der Waals surface area contributed by atoms with Gasteiger partial charge in [-0.15, -0.1) is 12.4 Å². The molecule has 0 aromatic carbocycles. The van der Waals surface area contributed by atoms with E-state index in [2.05, 4.69) is 21.3 Å². The summed E-state index contributed by atoms with van der Waals surface area (Å²) in [5.41, 5.74) is 6.59. The Bertz CT molecular complexity index is 445. The Kier molecular flexibility index (Phi) is 7.47. The minimum Gasteiger partial charge on any atom is -0.357 e. The van der Waals surface area contributed by atoms with E-state index in [9.17, 15) is 4.79 Å². The van der Waals surface area contributed by atoms with Crippen LogP contribution in [0.15, 0.2) is 18.3 Å². The van der Waals surface area contributed by atoms with E-state index < -0.39 is 6.04 Å². The molecule has 0 aliphatic carbocycles. The van der Waals surface area contributed by atoms with Gasteiger partial charge in [0.1, 0.15) is 5.82 Å². The number of nitrogens with zero attached hydrogens (tertiary/aromatic N) is 2.